The van der Waals surface area contributed by atoms with Crippen molar-refractivity contribution in [2.75, 3.05) is 0 Å². The molecule has 110 valence electrons. The third-order valence-corrected chi connectivity index (χ3v) is 3.50. The summed E-state index contributed by atoms with van der Waals surface area (Å²) in [7, 11) is 0. The number of carbonyl (C=O) groups is 2. The fourth-order valence-corrected chi connectivity index (χ4v) is 2.45. The van der Waals surface area contributed by atoms with Crippen LogP contribution in [-0.4, -0.2) is 22.0 Å². The number of aldehydes is 1. The zero-order valence-electron chi connectivity index (χ0n) is 11.9. The van der Waals surface area contributed by atoms with E-state index in [9.17, 15) is 9.59 Å². The minimum atomic E-state index is -0.375. The van der Waals surface area contributed by atoms with Crippen LogP contribution in [-0.2, 0) is 22.4 Å². The molecule has 0 aliphatic heterocycles. The summed E-state index contributed by atoms with van der Waals surface area (Å²) in [6, 6.07) is 13.3. The largest absolute Gasteiger partial charge is 0.369 e. The first kappa shape index (κ1) is 14.0. The van der Waals surface area contributed by atoms with Gasteiger partial charge in [-0.15, -0.1) is 0 Å². The number of rotatable bonds is 5. The molecule has 1 heterocycles. The molecule has 5 heteroatoms. The smallest absolute Gasteiger partial charge is 0.221 e. The van der Waals surface area contributed by atoms with Crippen molar-refractivity contribution in [2.45, 2.75) is 12.8 Å². The molecule has 0 saturated heterocycles. The Morgan fingerprint density at radius 3 is 2.64 bits per heavy atom. The average molecular weight is 293 g/mol. The Balaban J connectivity index is 2.01. The maximum absolute atomic E-state index is 11.1. The summed E-state index contributed by atoms with van der Waals surface area (Å²) in [5.74, 6) is -0.375. The molecule has 0 saturated carbocycles. The van der Waals surface area contributed by atoms with Gasteiger partial charge in [0.15, 0.2) is 0 Å². The lowest BCUT2D eigenvalue weighted by atomic mass is 10.1. The summed E-state index contributed by atoms with van der Waals surface area (Å²) in [6.45, 7) is 0. The molecular weight excluding hydrogens is 278 g/mol. The zero-order valence-corrected chi connectivity index (χ0v) is 11.9. The highest BCUT2D eigenvalue weighted by Gasteiger charge is 2.09. The van der Waals surface area contributed by atoms with Gasteiger partial charge in [-0.3, -0.25) is 4.79 Å². The van der Waals surface area contributed by atoms with Gasteiger partial charge in [0.1, 0.15) is 6.29 Å². The van der Waals surface area contributed by atoms with Crippen molar-refractivity contribution in [3.05, 3.63) is 59.8 Å². The monoisotopic (exact) mass is 293 g/mol. The van der Waals surface area contributed by atoms with Gasteiger partial charge < -0.3 is 10.5 Å². The van der Waals surface area contributed by atoms with Crippen molar-refractivity contribution in [1.82, 2.24) is 9.78 Å². The fraction of sp³-hybridized carbons (Fsp3) is 0.118. The number of hydrogen-bond acceptors (Lipinski definition) is 3. The number of carbonyl (C=O) groups excluding carboxylic acids is 2. The van der Waals surface area contributed by atoms with Crippen molar-refractivity contribution in [3.63, 3.8) is 0 Å². The molecule has 0 aliphatic rings. The van der Waals surface area contributed by atoms with Crippen LogP contribution in [0.5, 0.6) is 0 Å². The summed E-state index contributed by atoms with van der Waals surface area (Å²) in [4.78, 5) is 21.7. The van der Waals surface area contributed by atoms with E-state index < -0.39 is 0 Å². The predicted molar refractivity (Wildman–Crippen MR) is 83.7 cm³/mol. The molecule has 22 heavy (non-hydrogen) atoms. The lowest BCUT2D eigenvalue weighted by molar-refractivity contribution is -0.117. The third kappa shape index (κ3) is 2.74. The fourth-order valence-electron chi connectivity index (χ4n) is 2.45. The van der Waals surface area contributed by atoms with Crippen LogP contribution in [0.3, 0.4) is 0 Å². The molecule has 0 spiro atoms. The standard InChI is InChI=1S/C17H15N3O2/c18-16(22)10-13-2-1-3-14-11-20(19-17(13)14)15-6-4-12(5-7-15)8-9-21/h1-7,9,11H,8,10H2,(H2,18,22). The van der Waals surface area contributed by atoms with E-state index in [2.05, 4.69) is 5.10 Å². The van der Waals surface area contributed by atoms with Crippen molar-refractivity contribution < 1.29 is 9.59 Å². The third-order valence-electron chi connectivity index (χ3n) is 3.50. The van der Waals surface area contributed by atoms with Gasteiger partial charge in [-0.05, 0) is 23.3 Å². The number of nitrogens with two attached hydrogens (primary N) is 1. The first-order valence-corrected chi connectivity index (χ1v) is 6.96. The molecule has 5 nitrogen and oxygen atoms in total. The van der Waals surface area contributed by atoms with Gasteiger partial charge in [-0.25, -0.2) is 4.68 Å². The Kier molecular flexibility index (Phi) is 3.70. The van der Waals surface area contributed by atoms with Crippen LogP contribution < -0.4 is 5.73 Å². The Morgan fingerprint density at radius 2 is 1.95 bits per heavy atom. The molecule has 2 N–H and O–H groups in total. The summed E-state index contributed by atoms with van der Waals surface area (Å²) >= 11 is 0. The number of hydrogen-bond donors (Lipinski definition) is 1. The highest BCUT2D eigenvalue weighted by Crippen LogP contribution is 2.20. The quantitative estimate of drug-likeness (QED) is 0.728. The second kappa shape index (κ2) is 5.81. The van der Waals surface area contributed by atoms with E-state index in [1.165, 1.54) is 0 Å². The van der Waals surface area contributed by atoms with Gasteiger partial charge >= 0.3 is 0 Å². The first-order chi connectivity index (χ1) is 10.7. The summed E-state index contributed by atoms with van der Waals surface area (Å²) in [5.41, 5.74) is 8.74. The number of fused-ring (bicyclic) bond motifs is 1. The van der Waals surface area contributed by atoms with E-state index in [-0.39, 0.29) is 12.3 Å². The van der Waals surface area contributed by atoms with Crippen molar-refractivity contribution in [3.8, 4) is 5.69 Å². The molecule has 2 aromatic carbocycles. The molecule has 0 unspecified atom stereocenters. The first-order valence-electron chi connectivity index (χ1n) is 6.96. The van der Waals surface area contributed by atoms with Gasteiger partial charge in [-0.1, -0.05) is 30.3 Å². The van der Waals surface area contributed by atoms with Gasteiger partial charge in [0.2, 0.25) is 5.91 Å². The van der Waals surface area contributed by atoms with E-state index in [0.717, 1.165) is 34.0 Å². The highest BCUT2D eigenvalue weighted by atomic mass is 16.1. The van der Waals surface area contributed by atoms with Crippen LogP contribution in [0, 0.1) is 0 Å². The van der Waals surface area contributed by atoms with Crippen LogP contribution in [0.25, 0.3) is 16.6 Å². The lowest BCUT2D eigenvalue weighted by Crippen LogP contribution is -2.13. The van der Waals surface area contributed by atoms with E-state index in [1.54, 1.807) is 4.68 Å². The maximum atomic E-state index is 11.1. The molecule has 0 aliphatic carbocycles. The predicted octanol–water partition coefficient (Wildman–Crippen LogP) is 1.79. The van der Waals surface area contributed by atoms with Gasteiger partial charge in [0, 0.05) is 18.0 Å². The van der Waals surface area contributed by atoms with E-state index in [4.69, 9.17) is 5.73 Å². The molecule has 0 radical (unpaired) electrons. The van der Waals surface area contributed by atoms with Crippen LogP contribution in [0.2, 0.25) is 0 Å². The van der Waals surface area contributed by atoms with Gasteiger partial charge in [0.05, 0.1) is 17.6 Å². The maximum Gasteiger partial charge on any atom is 0.221 e. The topological polar surface area (TPSA) is 78.0 Å². The second-order valence-electron chi connectivity index (χ2n) is 5.11. The average Bonchev–Trinajstić information content (AvgIpc) is 2.93. The van der Waals surface area contributed by atoms with E-state index >= 15 is 0 Å². The van der Waals surface area contributed by atoms with Gasteiger partial charge in [-0.2, -0.15) is 5.10 Å². The molecule has 1 aromatic heterocycles. The molecule has 3 aromatic rings. The molecule has 3 rings (SSSR count). The Bertz CT molecular complexity index is 835. The van der Waals surface area contributed by atoms with Crippen LogP contribution in [0.15, 0.2) is 48.7 Å². The van der Waals surface area contributed by atoms with E-state index in [0.29, 0.717) is 6.42 Å². The summed E-state index contributed by atoms with van der Waals surface area (Å²) in [6.07, 6.45) is 3.37. The SMILES string of the molecule is NC(=O)Cc1cccc2cn(-c3ccc(CC=O)cc3)nc12. The lowest BCUT2D eigenvalue weighted by Gasteiger charge is -2.02. The molecular formula is C17H15N3O2. The number of benzene rings is 2. The molecule has 1 amide bonds. The zero-order chi connectivity index (χ0) is 15.5. The van der Waals surface area contributed by atoms with Crippen molar-refractivity contribution in [1.29, 1.82) is 0 Å². The minimum absolute atomic E-state index is 0.173. The molecule has 0 atom stereocenters. The Labute approximate surface area is 127 Å². The Hall–Kier alpha value is -2.95. The van der Waals surface area contributed by atoms with Gasteiger partial charge in [0.25, 0.3) is 0 Å². The number of primary amides is 1. The summed E-state index contributed by atoms with van der Waals surface area (Å²) < 4.78 is 1.76. The highest BCUT2D eigenvalue weighted by molar-refractivity contribution is 5.87. The molecule has 0 fully saturated rings. The van der Waals surface area contributed by atoms with Crippen LogP contribution >= 0.6 is 0 Å². The number of nitrogens with zero attached hydrogens (tertiary/aromatic N) is 2. The number of aromatic nitrogens is 2. The van der Waals surface area contributed by atoms with Crippen molar-refractivity contribution in [2.24, 2.45) is 5.73 Å². The summed E-state index contributed by atoms with van der Waals surface area (Å²) in [5, 5.41) is 5.51. The normalized spacial score (nSPS) is 10.7. The van der Waals surface area contributed by atoms with E-state index in [1.807, 2.05) is 48.7 Å². The Morgan fingerprint density at radius 1 is 1.18 bits per heavy atom. The van der Waals surface area contributed by atoms with Crippen molar-refractivity contribution >= 4 is 23.1 Å². The molecule has 0 bridgehead atoms. The number of amides is 1. The second-order valence-corrected chi connectivity index (χ2v) is 5.11. The van der Waals surface area contributed by atoms with Crippen LogP contribution in [0.1, 0.15) is 11.1 Å². The van der Waals surface area contributed by atoms with Crippen LogP contribution in [0.4, 0.5) is 0 Å². The minimum Gasteiger partial charge on any atom is -0.369 e.